The number of unbranched alkanes of at least 4 members (excludes halogenated alkanes) is 1. The molecular formula is C33H44F2N6O6S. The van der Waals surface area contributed by atoms with Crippen molar-refractivity contribution in [1.82, 2.24) is 31.5 Å². The van der Waals surface area contributed by atoms with E-state index in [1.54, 1.807) is 4.90 Å². The number of carbonyl (C=O) groups is 4. The summed E-state index contributed by atoms with van der Waals surface area (Å²) in [6.07, 6.45) is 6.72. The van der Waals surface area contributed by atoms with E-state index in [0.29, 0.717) is 48.3 Å². The first kappa shape index (κ1) is 33.2. The quantitative estimate of drug-likeness (QED) is 0.158. The van der Waals surface area contributed by atoms with E-state index in [4.69, 9.17) is 9.47 Å². The van der Waals surface area contributed by atoms with Crippen molar-refractivity contribution in [2.45, 2.75) is 99.3 Å². The Labute approximate surface area is 282 Å². The van der Waals surface area contributed by atoms with Crippen LogP contribution in [0.3, 0.4) is 0 Å². The number of ether oxygens (including phenoxy) is 2. The van der Waals surface area contributed by atoms with Crippen molar-refractivity contribution in [3.63, 3.8) is 0 Å². The summed E-state index contributed by atoms with van der Waals surface area (Å²) >= 11 is 1.88. The molecule has 3 heterocycles. The second-order valence-corrected chi connectivity index (χ2v) is 15.7. The lowest BCUT2D eigenvalue weighted by atomic mass is 9.74. The molecule has 15 heteroatoms. The average Bonchev–Trinajstić information content (AvgIpc) is 3.80. The van der Waals surface area contributed by atoms with Crippen LogP contribution >= 0.6 is 11.8 Å². The second-order valence-electron chi connectivity index (χ2n) is 14.4. The Hall–Kier alpha value is -3.33. The average molecular weight is 691 g/mol. The van der Waals surface area contributed by atoms with Crippen molar-refractivity contribution in [3.05, 3.63) is 34.9 Å². The van der Waals surface area contributed by atoms with Crippen molar-refractivity contribution < 1.29 is 37.4 Å². The molecule has 7 unspecified atom stereocenters. The van der Waals surface area contributed by atoms with Gasteiger partial charge in [-0.1, -0.05) is 6.42 Å². The molecule has 7 aliphatic rings. The number of hydrogen-bond donors (Lipinski definition) is 5. The number of halogens is 2. The summed E-state index contributed by atoms with van der Waals surface area (Å²) in [5, 5.41) is 15.6. The number of urea groups is 2. The highest BCUT2D eigenvalue weighted by molar-refractivity contribution is 8.00. The van der Waals surface area contributed by atoms with E-state index in [2.05, 4.69) is 26.6 Å². The lowest BCUT2D eigenvalue weighted by molar-refractivity contribution is -0.121. The monoisotopic (exact) mass is 690 g/mol. The van der Waals surface area contributed by atoms with Gasteiger partial charge < -0.3 is 41.0 Å². The number of thioether (sulfide) groups is 1. The lowest BCUT2D eigenvalue weighted by Gasteiger charge is -2.41. The maximum Gasteiger partial charge on any atom is 0.407 e. The maximum atomic E-state index is 13.7. The van der Waals surface area contributed by atoms with Gasteiger partial charge in [0.15, 0.2) is 11.6 Å². The third-order valence-electron chi connectivity index (χ3n) is 11.1. The predicted molar refractivity (Wildman–Crippen MR) is 172 cm³/mol. The number of alkyl carbamates (subject to hydrolysis) is 1. The summed E-state index contributed by atoms with van der Waals surface area (Å²) in [5.41, 5.74) is 0.376. The van der Waals surface area contributed by atoms with E-state index in [0.717, 1.165) is 50.7 Å². The molecule has 262 valence electrons. The van der Waals surface area contributed by atoms with Gasteiger partial charge in [0.2, 0.25) is 5.91 Å². The molecule has 0 spiro atoms. The van der Waals surface area contributed by atoms with E-state index in [9.17, 15) is 28.0 Å². The number of hydrogen-bond acceptors (Lipinski definition) is 7. The molecule has 1 aromatic rings. The molecule has 8 rings (SSSR count). The van der Waals surface area contributed by atoms with E-state index in [1.807, 2.05) is 11.8 Å². The van der Waals surface area contributed by atoms with Crippen LogP contribution in [0.4, 0.5) is 23.2 Å². The summed E-state index contributed by atoms with van der Waals surface area (Å²) in [6, 6.07) is 2.40. The van der Waals surface area contributed by atoms with Crippen molar-refractivity contribution in [2.75, 3.05) is 32.1 Å². The molecule has 2 saturated heterocycles. The van der Waals surface area contributed by atoms with Crippen LogP contribution in [0.1, 0.15) is 68.9 Å². The number of benzene rings is 1. The fraction of sp³-hybridized carbons (Fsp3) is 0.697. The normalized spacial score (nSPS) is 32.1. The van der Waals surface area contributed by atoms with Crippen LogP contribution in [0.2, 0.25) is 0 Å². The number of rotatable bonds is 13. The standard InChI is InChI=1S/C33H44F2N6O6S/c34-23-10-20-15-41(16-21(20)11-24(23)35)30(44)39-33-13-19-9-22(33)14-32(12-19,18-33)40-31(45)47-8-7-46-6-5-36-27(42)4-2-1-3-26-28-25(17-48-26)37-29(43)38-28/h10-11,19,22,25-26,28H,1-9,12-18H2,(H,36,42)(H,39,44)(H,40,45)(H2,37,38,43). The molecule has 5 N–H and O–H groups in total. The Bertz CT molecular complexity index is 1420. The van der Waals surface area contributed by atoms with E-state index in [1.165, 1.54) is 12.1 Å². The number of nitrogens with zero attached hydrogens (tertiary/aromatic N) is 1. The van der Waals surface area contributed by atoms with Gasteiger partial charge in [-0.15, -0.1) is 0 Å². The minimum atomic E-state index is -0.910. The van der Waals surface area contributed by atoms with Crippen LogP contribution in [0.25, 0.3) is 0 Å². The minimum Gasteiger partial charge on any atom is -0.447 e. The topological polar surface area (TPSA) is 150 Å². The number of fused-ring (bicyclic) bond motifs is 2. The second kappa shape index (κ2) is 13.5. The van der Waals surface area contributed by atoms with Gasteiger partial charge in [0.05, 0.1) is 25.3 Å². The zero-order valence-electron chi connectivity index (χ0n) is 26.9. The zero-order valence-corrected chi connectivity index (χ0v) is 27.7. The summed E-state index contributed by atoms with van der Waals surface area (Å²) < 4.78 is 38.4. The first-order chi connectivity index (χ1) is 23.1. The molecule has 6 fully saturated rings. The molecule has 1 aromatic carbocycles. The Morgan fingerprint density at radius 3 is 2.58 bits per heavy atom. The third-order valence-corrected chi connectivity index (χ3v) is 12.6. The fourth-order valence-electron chi connectivity index (χ4n) is 9.24. The summed E-state index contributed by atoms with van der Waals surface area (Å²) in [4.78, 5) is 51.3. The van der Waals surface area contributed by atoms with Crippen LogP contribution in [0.5, 0.6) is 0 Å². The summed E-state index contributed by atoms with van der Waals surface area (Å²) in [6.45, 7) is 1.44. The van der Waals surface area contributed by atoms with Gasteiger partial charge in [-0.2, -0.15) is 11.8 Å². The van der Waals surface area contributed by atoms with Gasteiger partial charge in [0.1, 0.15) is 6.61 Å². The maximum absolute atomic E-state index is 13.7. The van der Waals surface area contributed by atoms with E-state index < -0.39 is 28.8 Å². The highest BCUT2D eigenvalue weighted by atomic mass is 32.2. The highest BCUT2D eigenvalue weighted by Gasteiger charge is 2.65. The van der Waals surface area contributed by atoms with Crippen molar-refractivity contribution in [3.8, 4) is 0 Å². The Kier molecular flexibility index (Phi) is 9.35. The molecule has 48 heavy (non-hydrogen) atoms. The SMILES string of the molecule is O=C(CCCCC1SCC2NC(=O)NC21)NCCOCCOC(=O)NC12CC3CC(C1)C(NC(=O)N1Cc4cc(F)c(F)cc4C1)(C3)C2. The number of nitrogens with one attached hydrogen (secondary N) is 5. The van der Waals surface area contributed by atoms with Crippen LogP contribution in [-0.2, 0) is 27.4 Å². The summed E-state index contributed by atoms with van der Waals surface area (Å²) in [7, 11) is 0. The van der Waals surface area contributed by atoms with Crippen LogP contribution in [0, 0.1) is 23.5 Å². The smallest absolute Gasteiger partial charge is 0.407 e. The Balaban J connectivity index is 0.757. The van der Waals surface area contributed by atoms with Gasteiger partial charge in [0, 0.05) is 48.1 Å². The van der Waals surface area contributed by atoms with Crippen molar-refractivity contribution in [1.29, 1.82) is 0 Å². The Morgan fingerprint density at radius 1 is 1.00 bits per heavy atom. The van der Waals surface area contributed by atoms with Gasteiger partial charge in [-0.05, 0) is 80.0 Å². The molecule has 12 nitrogen and oxygen atoms in total. The molecule has 4 aliphatic carbocycles. The molecule has 4 saturated carbocycles. The van der Waals surface area contributed by atoms with E-state index in [-0.39, 0.29) is 62.3 Å². The molecule has 0 aromatic heterocycles. The van der Waals surface area contributed by atoms with Crippen LogP contribution in [-0.4, -0.2) is 89.5 Å². The Morgan fingerprint density at radius 2 is 1.79 bits per heavy atom. The van der Waals surface area contributed by atoms with Gasteiger partial charge in [0.25, 0.3) is 0 Å². The van der Waals surface area contributed by atoms with Gasteiger partial charge in [-0.25, -0.2) is 23.2 Å². The lowest BCUT2D eigenvalue weighted by Crippen LogP contribution is -2.57. The van der Waals surface area contributed by atoms with Crippen molar-refractivity contribution in [2.24, 2.45) is 11.8 Å². The van der Waals surface area contributed by atoms with Crippen molar-refractivity contribution >= 4 is 35.8 Å². The molecule has 6 amide bonds. The molecule has 0 radical (unpaired) electrons. The first-order valence-corrected chi connectivity index (χ1v) is 18.2. The fourth-order valence-corrected chi connectivity index (χ4v) is 10.8. The molecular weight excluding hydrogens is 646 g/mol. The van der Waals surface area contributed by atoms with E-state index >= 15 is 0 Å². The predicted octanol–water partition coefficient (Wildman–Crippen LogP) is 3.28. The number of amides is 6. The largest absolute Gasteiger partial charge is 0.447 e. The minimum absolute atomic E-state index is 0.0214. The molecule has 3 aliphatic heterocycles. The molecule has 7 atom stereocenters. The van der Waals surface area contributed by atoms with Gasteiger partial charge >= 0.3 is 18.2 Å². The first-order valence-electron chi connectivity index (χ1n) is 17.1. The van der Waals surface area contributed by atoms with Gasteiger partial charge in [-0.3, -0.25) is 4.79 Å². The number of carbonyl (C=O) groups excluding carboxylic acids is 4. The summed E-state index contributed by atoms with van der Waals surface area (Å²) in [5.74, 6) is -0.275. The zero-order chi connectivity index (χ0) is 33.5. The molecule has 4 bridgehead atoms. The van der Waals surface area contributed by atoms with Crippen LogP contribution < -0.4 is 26.6 Å². The highest BCUT2D eigenvalue weighted by Crippen LogP contribution is 2.62. The third kappa shape index (κ3) is 6.89. The van der Waals surface area contributed by atoms with Crippen LogP contribution in [0.15, 0.2) is 12.1 Å².